The van der Waals surface area contributed by atoms with Crippen molar-refractivity contribution in [1.82, 2.24) is 4.90 Å². The number of fused-ring (bicyclic) bond motifs is 1. The topological polar surface area (TPSA) is 57.6 Å². The number of benzene rings is 3. The minimum absolute atomic E-state index is 0.000407. The number of rotatable bonds is 5. The number of carbonyl (C=O) groups is 1. The second-order valence-electron chi connectivity index (χ2n) is 9.59. The minimum Gasteiger partial charge on any atom is -0.495 e. The Morgan fingerprint density at radius 2 is 1.63 bits per heavy atom. The molecular weight excluding hydrogens is 547 g/mol. The number of guanidine groups is 1. The van der Waals surface area contributed by atoms with Gasteiger partial charge in [0.15, 0.2) is 0 Å². The zero-order valence-electron chi connectivity index (χ0n) is 22.3. The van der Waals surface area contributed by atoms with Crippen molar-refractivity contribution in [3.8, 4) is 5.75 Å². The fraction of sp³-hybridized carbons (Fsp3) is 0.310. The van der Waals surface area contributed by atoms with Crippen LogP contribution in [0.25, 0.3) is 0 Å². The van der Waals surface area contributed by atoms with Crippen molar-refractivity contribution in [2.75, 3.05) is 50.2 Å². The number of halogens is 5. The van der Waals surface area contributed by atoms with E-state index in [4.69, 9.17) is 9.47 Å². The van der Waals surface area contributed by atoms with E-state index in [1.807, 2.05) is 9.80 Å². The highest BCUT2D eigenvalue weighted by molar-refractivity contribution is 6.02. The maximum atomic E-state index is 15.1. The van der Waals surface area contributed by atoms with Gasteiger partial charge >= 0.3 is 12.1 Å². The van der Waals surface area contributed by atoms with Crippen LogP contribution in [0.4, 0.5) is 39.0 Å². The molecule has 1 fully saturated rings. The van der Waals surface area contributed by atoms with Gasteiger partial charge in [0, 0.05) is 37.4 Å². The van der Waals surface area contributed by atoms with Crippen molar-refractivity contribution in [2.24, 2.45) is 4.99 Å². The zero-order chi connectivity index (χ0) is 29.3. The van der Waals surface area contributed by atoms with E-state index < -0.39 is 29.6 Å². The molecule has 3 aromatic rings. The summed E-state index contributed by atoms with van der Waals surface area (Å²) in [6.45, 7) is 1.68. The molecule has 0 bridgehead atoms. The summed E-state index contributed by atoms with van der Waals surface area (Å²) >= 11 is 0. The molecule has 5 rings (SSSR count). The summed E-state index contributed by atoms with van der Waals surface area (Å²) in [4.78, 5) is 22.6. The maximum absolute atomic E-state index is 15.1. The lowest BCUT2D eigenvalue weighted by Crippen LogP contribution is -2.55. The van der Waals surface area contributed by atoms with E-state index in [0.717, 1.165) is 17.8 Å². The predicted molar refractivity (Wildman–Crippen MR) is 144 cm³/mol. The molecule has 1 saturated heterocycles. The lowest BCUT2D eigenvalue weighted by molar-refractivity contribution is -0.141. The quantitative estimate of drug-likeness (QED) is 0.278. The molecule has 7 nitrogen and oxygen atoms in total. The molecular formula is C29H27F5N4O3. The second-order valence-corrected chi connectivity index (χ2v) is 9.59. The average molecular weight is 575 g/mol. The lowest BCUT2D eigenvalue weighted by atomic mass is 9.96. The molecule has 2 heterocycles. The number of piperazine rings is 1. The molecule has 0 aromatic heterocycles. The van der Waals surface area contributed by atoms with E-state index in [9.17, 15) is 22.4 Å². The standard InChI is InChI=1S/C29H27F5N4O3/c1-40-25-11-6-18(29(32,33)34)16-24(25)38-23(17-26(39)41-2)21-4-3-5-22(31)27(21)35-28(38)37-14-12-36(13-15-37)20-9-7-19(30)8-10-20/h3-11,16,23H,12-15,17H2,1-2H3. The Morgan fingerprint density at radius 3 is 2.27 bits per heavy atom. The summed E-state index contributed by atoms with van der Waals surface area (Å²) in [7, 11) is 2.54. The van der Waals surface area contributed by atoms with Gasteiger partial charge in [0.05, 0.1) is 37.9 Å². The molecule has 0 amide bonds. The Kier molecular flexibility index (Phi) is 7.74. The minimum atomic E-state index is -4.66. The number of para-hydroxylation sites is 1. The van der Waals surface area contributed by atoms with Gasteiger partial charge in [0.25, 0.3) is 0 Å². The fourth-order valence-electron chi connectivity index (χ4n) is 5.16. The zero-order valence-corrected chi connectivity index (χ0v) is 22.3. The number of anilines is 2. The first-order valence-corrected chi connectivity index (χ1v) is 12.8. The monoisotopic (exact) mass is 574 g/mol. The first kappa shape index (κ1) is 28.2. The molecule has 3 aromatic carbocycles. The molecule has 0 saturated carbocycles. The maximum Gasteiger partial charge on any atom is 0.416 e. The van der Waals surface area contributed by atoms with Crippen LogP contribution in [-0.2, 0) is 15.7 Å². The van der Waals surface area contributed by atoms with E-state index in [1.54, 1.807) is 18.2 Å². The fourth-order valence-corrected chi connectivity index (χ4v) is 5.16. The van der Waals surface area contributed by atoms with Gasteiger partial charge in [-0.3, -0.25) is 4.79 Å². The average Bonchev–Trinajstić information content (AvgIpc) is 2.97. The first-order chi connectivity index (χ1) is 19.6. The van der Waals surface area contributed by atoms with Crippen LogP contribution in [0.5, 0.6) is 5.75 Å². The van der Waals surface area contributed by atoms with Crippen LogP contribution >= 0.6 is 0 Å². The van der Waals surface area contributed by atoms with E-state index in [2.05, 4.69) is 4.99 Å². The van der Waals surface area contributed by atoms with Gasteiger partial charge in [-0.25, -0.2) is 13.8 Å². The molecule has 1 atom stereocenters. The summed E-state index contributed by atoms with van der Waals surface area (Å²) in [5, 5.41) is 0. The van der Waals surface area contributed by atoms with Gasteiger partial charge in [0.2, 0.25) is 5.96 Å². The number of hydrogen-bond donors (Lipinski definition) is 0. The van der Waals surface area contributed by atoms with E-state index >= 15 is 4.39 Å². The van der Waals surface area contributed by atoms with Crippen LogP contribution in [0.15, 0.2) is 65.7 Å². The molecule has 1 unspecified atom stereocenters. The highest BCUT2D eigenvalue weighted by Gasteiger charge is 2.40. The van der Waals surface area contributed by atoms with E-state index in [0.29, 0.717) is 31.7 Å². The number of nitrogens with zero attached hydrogens (tertiary/aromatic N) is 4. The molecule has 41 heavy (non-hydrogen) atoms. The molecule has 0 aliphatic carbocycles. The molecule has 2 aliphatic rings. The van der Waals surface area contributed by atoms with Crippen LogP contribution in [0.1, 0.15) is 23.6 Å². The molecule has 0 N–H and O–H groups in total. The summed E-state index contributed by atoms with van der Waals surface area (Å²) < 4.78 is 80.5. The van der Waals surface area contributed by atoms with Gasteiger partial charge in [-0.15, -0.1) is 0 Å². The Bertz CT molecular complexity index is 1450. The SMILES string of the molecule is COC(=O)CC1c2cccc(F)c2N=C(N2CCN(c3ccc(F)cc3)CC2)N1c1cc(C(F)(F)F)ccc1OC. The van der Waals surface area contributed by atoms with Crippen molar-refractivity contribution in [3.05, 3.63) is 83.4 Å². The van der Waals surface area contributed by atoms with Crippen LogP contribution in [0.2, 0.25) is 0 Å². The summed E-state index contributed by atoms with van der Waals surface area (Å²) in [5.74, 6) is -1.33. The Labute approximate surface area is 233 Å². The molecule has 0 radical (unpaired) electrons. The number of carbonyl (C=O) groups excluding carboxylic acids is 1. The third-order valence-electron chi connectivity index (χ3n) is 7.22. The van der Waals surface area contributed by atoms with Crippen LogP contribution in [-0.4, -0.2) is 57.2 Å². The van der Waals surface area contributed by atoms with Crippen LogP contribution in [0.3, 0.4) is 0 Å². The van der Waals surface area contributed by atoms with E-state index in [-0.39, 0.29) is 35.3 Å². The van der Waals surface area contributed by atoms with Crippen LogP contribution < -0.4 is 14.5 Å². The number of methoxy groups -OCH3 is 2. The summed E-state index contributed by atoms with van der Waals surface area (Å²) in [5.41, 5.74) is 0.234. The number of aliphatic imine (C=N–C) groups is 1. The number of alkyl halides is 3. The van der Waals surface area contributed by atoms with Gasteiger partial charge in [0.1, 0.15) is 23.1 Å². The van der Waals surface area contributed by atoms with Gasteiger partial charge in [-0.2, -0.15) is 13.2 Å². The largest absolute Gasteiger partial charge is 0.495 e. The Hall–Kier alpha value is -4.35. The molecule has 12 heteroatoms. The highest BCUT2D eigenvalue weighted by Crippen LogP contribution is 2.46. The third-order valence-corrected chi connectivity index (χ3v) is 7.22. The van der Waals surface area contributed by atoms with Gasteiger partial charge in [-0.1, -0.05) is 12.1 Å². The summed E-state index contributed by atoms with van der Waals surface area (Å²) in [6, 6.07) is 12.5. The molecule has 216 valence electrons. The number of hydrogen-bond acceptors (Lipinski definition) is 7. The van der Waals surface area contributed by atoms with Crippen molar-refractivity contribution in [3.63, 3.8) is 0 Å². The van der Waals surface area contributed by atoms with Crippen molar-refractivity contribution in [1.29, 1.82) is 0 Å². The first-order valence-electron chi connectivity index (χ1n) is 12.8. The highest BCUT2D eigenvalue weighted by atomic mass is 19.4. The number of ether oxygens (including phenoxy) is 2. The third kappa shape index (κ3) is 5.63. The van der Waals surface area contributed by atoms with Crippen LogP contribution in [0, 0.1) is 11.6 Å². The lowest BCUT2D eigenvalue weighted by Gasteiger charge is -2.45. The summed E-state index contributed by atoms with van der Waals surface area (Å²) in [6.07, 6.45) is -4.95. The molecule has 0 spiro atoms. The predicted octanol–water partition coefficient (Wildman–Crippen LogP) is 5.93. The Balaban J connectivity index is 1.62. The Morgan fingerprint density at radius 1 is 0.951 bits per heavy atom. The smallest absolute Gasteiger partial charge is 0.416 e. The molecule has 2 aliphatic heterocycles. The van der Waals surface area contributed by atoms with Crippen molar-refractivity contribution in [2.45, 2.75) is 18.6 Å². The normalized spacial score (nSPS) is 17.2. The van der Waals surface area contributed by atoms with Crippen molar-refractivity contribution < 1.29 is 36.2 Å². The van der Waals surface area contributed by atoms with Gasteiger partial charge in [-0.05, 0) is 48.5 Å². The number of esters is 1. The second kappa shape index (κ2) is 11.3. The van der Waals surface area contributed by atoms with Gasteiger partial charge < -0.3 is 24.2 Å². The van der Waals surface area contributed by atoms with Crippen molar-refractivity contribution >= 4 is 29.0 Å². The van der Waals surface area contributed by atoms with E-state index in [1.165, 1.54) is 49.5 Å².